The van der Waals surface area contributed by atoms with Crippen molar-refractivity contribution in [3.8, 4) is 0 Å². The summed E-state index contributed by atoms with van der Waals surface area (Å²) in [4.78, 5) is 14.6. The number of aliphatic hydroxyl groups excluding tert-OH is 1. The van der Waals surface area contributed by atoms with Gasteiger partial charge in [0.1, 0.15) is 12.6 Å². The fourth-order valence-corrected chi connectivity index (χ4v) is 2.84. The number of piperazine rings is 1. The lowest BCUT2D eigenvalue weighted by Gasteiger charge is -2.32. The van der Waals surface area contributed by atoms with Crippen LogP contribution in [0.5, 0.6) is 0 Å². The van der Waals surface area contributed by atoms with Crippen LogP contribution in [-0.4, -0.2) is 68.1 Å². The third kappa shape index (κ3) is 6.28. The van der Waals surface area contributed by atoms with E-state index in [1.807, 2.05) is 24.3 Å². The molecule has 1 aliphatic heterocycles. The molecule has 0 radical (unpaired) electrons. The van der Waals surface area contributed by atoms with Crippen molar-refractivity contribution < 1.29 is 24.3 Å². The van der Waals surface area contributed by atoms with Crippen molar-refractivity contribution in [1.29, 1.82) is 0 Å². The van der Waals surface area contributed by atoms with Gasteiger partial charge < -0.3 is 19.5 Å². The maximum atomic E-state index is 11.6. The molecule has 1 saturated heterocycles. The Hall–Kier alpha value is -1.34. The van der Waals surface area contributed by atoms with Crippen LogP contribution in [0.1, 0.15) is 12.5 Å². The summed E-state index contributed by atoms with van der Waals surface area (Å²) in [5, 5.41) is 10.8. The zero-order valence-electron chi connectivity index (χ0n) is 14.0. The Morgan fingerprint density at radius 3 is 2.62 bits per heavy atom. The van der Waals surface area contributed by atoms with Crippen LogP contribution in [0.15, 0.2) is 24.3 Å². The highest BCUT2D eigenvalue weighted by atomic mass is 35.5. The fourth-order valence-electron chi connectivity index (χ4n) is 2.71. The summed E-state index contributed by atoms with van der Waals surface area (Å²) < 4.78 is 10.6. The number of hydrogen-bond donors (Lipinski definition) is 2. The van der Waals surface area contributed by atoms with Gasteiger partial charge in [0.15, 0.2) is 0 Å². The SMILES string of the molecule is CCOC(=O)N1CC[NH+](C[C@H](O)COCc2ccc(Cl)cc2)CC1. The van der Waals surface area contributed by atoms with E-state index >= 15 is 0 Å². The van der Waals surface area contributed by atoms with Gasteiger partial charge in [0, 0.05) is 5.02 Å². The molecule has 1 heterocycles. The molecule has 1 atom stereocenters. The predicted molar refractivity (Wildman–Crippen MR) is 91.3 cm³/mol. The number of carbonyl (C=O) groups is 1. The van der Waals surface area contributed by atoms with E-state index in [9.17, 15) is 9.90 Å². The number of carbonyl (C=O) groups excluding carboxylic acids is 1. The summed E-state index contributed by atoms with van der Waals surface area (Å²) in [6.45, 7) is 6.53. The van der Waals surface area contributed by atoms with Crippen LogP contribution in [0.25, 0.3) is 0 Å². The monoisotopic (exact) mass is 357 g/mol. The molecule has 134 valence electrons. The highest BCUT2D eigenvalue weighted by Gasteiger charge is 2.25. The summed E-state index contributed by atoms with van der Waals surface area (Å²) in [5.74, 6) is 0. The number of amides is 1. The minimum atomic E-state index is -0.513. The Morgan fingerprint density at radius 1 is 1.33 bits per heavy atom. The lowest BCUT2D eigenvalue weighted by Crippen LogP contribution is -3.15. The standard InChI is InChI=1S/C17H25ClN2O4/c1-2-24-17(22)20-9-7-19(8-10-20)11-16(21)13-23-12-14-3-5-15(18)6-4-14/h3-6,16,21H,2,7-13H2,1H3/p+1/t16-/m0/s1. The molecule has 0 aliphatic carbocycles. The zero-order chi connectivity index (χ0) is 17.4. The van der Waals surface area contributed by atoms with Crippen molar-refractivity contribution in [2.75, 3.05) is 45.9 Å². The summed E-state index contributed by atoms with van der Waals surface area (Å²) in [6, 6.07) is 7.47. The second-order valence-corrected chi connectivity index (χ2v) is 6.37. The van der Waals surface area contributed by atoms with Crippen molar-refractivity contribution in [3.63, 3.8) is 0 Å². The van der Waals surface area contributed by atoms with Crippen molar-refractivity contribution in [2.45, 2.75) is 19.6 Å². The molecular weight excluding hydrogens is 332 g/mol. The molecule has 0 saturated carbocycles. The van der Waals surface area contributed by atoms with Crippen LogP contribution in [0, 0.1) is 0 Å². The number of ether oxygens (including phenoxy) is 2. The Morgan fingerprint density at radius 2 is 2.00 bits per heavy atom. The van der Waals surface area contributed by atoms with E-state index in [1.54, 1.807) is 11.8 Å². The van der Waals surface area contributed by atoms with Crippen molar-refractivity contribution in [3.05, 3.63) is 34.9 Å². The van der Waals surface area contributed by atoms with Gasteiger partial charge in [-0.15, -0.1) is 0 Å². The second kappa shape index (κ2) is 9.84. The molecule has 6 nitrogen and oxygen atoms in total. The number of benzene rings is 1. The van der Waals surface area contributed by atoms with Gasteiger partial charge in [-0.25, -0.2) is 4.79 Å². The Balaban J connectivity index is 1.62. The van der Waals surface area contributed by atoms with E-state index < -0.39 is 6.10 Å². The highest BCUT2D eigenvalue weighted by Crippen LogP contribution is 2.10. The first kappa shape index (κ1) is 19.0. The molecule has 0 aromatic heterocycles. The van der Waals surface area contributed by atoms with Crippen LogP contribution in [0.3, 0.4) is 0 Å². The number of rotatable bonds is 7. The first-order chi connectivity index (χ1) is 11.6. The molecule has 1 fully saturated rings. The molecular formula is C17H26ClN2O4+. The molecule has 1 amide bonds. The molecule has 0 spiro atoms. The predicted octanol–water partition coefficient (Wildman–Crippen LogP) is 0.575. The lowest BCUT2D eigenvalue weighted by molar-refractivity contribution is -0.907. The van der Waals surface area contributed by atoms with Crippen LogP contribution >= 0.6 is 11.6 Å². The maximum absolute atomic E-state index is 11.6. The van der Waals surface area contributed by atoms with Gasteiger partial charge in [0.2, 0.25) is 0 Å². The van der Waals surface area contributed by atoms with E-state index in [4.69, 9.17) is 21.1 Å². The van der Waals surface area contributed by atoms with E-state index in [-0.39, 0.29) is 6.09 Å². The largest absolute Gasteiger partial charge is 0.450 e. The molecule has 1 aliphatic rings. The highest BCUT2D eigenvalue weighted by molar-refractivity contribution is 6.30. The van der Waals surface area contributed by atoms with Crippen molar-refractivity contribution in [2.24, 2.45) is 0 Å². The third-order valence-electron chi connectivity index (χ3n) is 4.01. The molecule has 0 unspecified atom stereocenters. The van der Waals surface area contributed by atoms with Crippen LogP contribution in [0.4, 0.5) is 4.79 Å². The Labute approximate surface area is 147 Å². The summed E-state index contributed by atoms with van der Waals surface area (Å²) in [5.41, 5.74) is 1.03. The normalized spacial score (nSPS) is 16.9. The molecule has 2 N–H and O–H groups in total. The molecule has 1 aromatic rings. The lowest BCUT2D eigenvalue weighted by atomic mass is 10.2. The van der Waals surface area contributed by atoms with Gasteiger partial charge in [0.25, 0.3) is 0 Å². The second-order valence-electron chi connectivity index (χ2n) is 5.94. The van der Waals surface area contributed by atoms with E-state index in [2.05, 4.69) is 0 Å². The number of quaternary nitrogens is 1. The average molecular weight is 358 g/mol. The summed E-state index contributed by atoms with van der Waals surface area (Å²) >= 11 is 5.84. The fraction of sp³-hybridized carbons (Fsp3) is 0.588. The topological polar surface area (TPSA) is 63.4 Å². The van der Waals surface area contributed by atoms with E-state index in [0.29, 0.717) is 44.5 Å². The quantitative estimate of drug-likeness (QED) is 0.749. The number of nitrogens with zero attached hydrogens (tertiary/aromatic N) is 1. The van der Waals surface area contributed by atoms with Gasteiger partial charge in [-0.1, -0.05) is 23.7 Å². The van der Waals surface area contributed by atoms with Crippen LogP contribution < -0.4 is 4.90 Å². The number of hydrogen-bond acceptors (Lipinski definition) is 4. The third-order valence-corrected chi connectivity index (χ3v) is 4.27. The summed E-state index contributed by atoms with van der Waals surface area (Å²) in [6.07, 6.45) is -0.759. The van der Waals surface area contributed by atoms with E-state index in [1.165, 1.54) is 4.90 Å². The van der Waals surface area contributed by atoms with Gasteiger partial charge in [-0.05, 0) is 24.6 Å². The molecule has 1 aromatic carbocycles. The number of halogens is 1. The van der Waals surface area contributed by atoms with Crippen LogP contribution in [0.2, 0.25) is 5.02 Å². The molecule has 7 heteroatoms. The Bertz CT molecular complexity index is 504. The minimum Gasteiger partial charge on any atom is -0.450 e. The van der Waals surface area contributed by atoms with Gasteiger partial charge in [-0.2, -0.15) is 0 Å². The van der Waals surface area contributed by atoms with Gasteiger partial charge in [-0.3, -0.25) is 4.90 Å². The number of nitrogens with one attached hydrogen (secondary N) is 1. The molecule has 24 heavy (non-hydrogen) atoms. The van der Waals surface area contributed by atoms with Crippen LogP contribution in [-0.2, 0) is 16.1 Å². The number of aliphatic hydroxyl groups is 1. The maximum Gasteiger partial charge on any atom is 0.410 e. The Kier molecular flexibility index (Phi) is 7.78. The molecule has 0 bridgehead atoms. The van der Waals surface area contributed by atoms with Crippen molar-refractivity contribution >= 4 is 17.7 Å². The average Bonchev–Trinajstić information content (AvgIpc) is 2.57. The first-order valence-corrected chi connectivity index (χ1v) is 8.71. The van der Waals surface area contributed by atoms with Gasteiger partial charge in [0.05, 0.1) is 46.0 Å². The summed E-state index contributed by atoms with van der Waals surface area (Å²) in [7, 11) is 0. The smallest absolute Gasteiger partial charge is 0.410 e. The minimum absolute atomic E-state index is 0.247. The van der Waals surface area contributed by atoms with Crippen molar-refractivity contribution in [1.82, 2.24) is 4.90 Å². The molecule has 2 rings (SSSR count). The van der Waals surface area contributed by atoms with E-state index in [0.717, 1.165) is 18.7 Å². The van der Waals surface area contributed by atoms with Gasteiger partial charge >= 0.3 is 6.09 Å². The first-order valence-electron chi connectivity index (χ1n) is 8.34. The zero-order valence-corrected chi connectivity index (χ0v) is 14.8.